The Morgan fingerprint density at radius 1 is 1.08 bits per heavy atom. The first-order chi connectivity index (χ1) is 11.3. The summed E-state index contributed by atoms with van der Waals surface area (Å²) in [5.74, 6) is -0.0698. The van der Waals surface area contributed by atoms with E-state index in [1.54, 1.807) is 11.8 Å². The molecule has 1 aliphatic rings. The van der Waals surface area contributed by atoms with E-state index in [4.69, 9.17) is 4.74 Å². The van der Waals surface area contributed by atoms with Gasteiger partial charge in [-0.3, -0.25) is 9.69 Å². The summed E-state index contributed by atoms with van der Waals surface area (Å²) in [7, 11) is -3.26. The molecular weight excluding hydrogens is 332 g/mol. The summed E-state index contributed by atoms with van der Waals surface area (Å²) >= 11 is 0. The molecule has 132 valence electrons. The SMILES string of the molecule is CCOC(=O)N1CCN(CC(=O)c2ccc(S(C)(=O)=O)cc2)CC1. The summed E-state index contributed by atoms with van der Waals surface area (Å²) in [4.78, 5) is 27.7. The third-order valence-electron chi connectivity index (χ3n) is 3.87. The summed E-state index contributed by atoms with van der Waals surface area (Å²) in [6.07, 6.45) is 0.812. The van der Waals surface area contributed by atoms with Crippen molar-refractivity contribution in [3.05, 3.63) is 29.8 Å². The molecule has 1 aliphatic heterocycles. The highest BCUT2D eigenvalue weighted by atomic mass is 32.2. The Balaban J connectivity index is 1.88. The molecule has 0 spiro atoms. The Labute approximate surface area is 142 Å². The van der Waals surface area contributed by atoms with Gasteiger partial charge in [0.05, 0.1) is 18.0 Å². The van der Waals surface area contributed by atoms with E-state index in [0.29, 0.717) is 38.3 Å². The number of hydrogen-bond donors (Lipinski definition) is 0. The highest BCUT2D eigenvalue weighted by Gasteiger charge is 2.23. The minimum Gasteiger partial charge on any atom is -0.450 e. The van der Waals surface area contributed by atoms with Crippen molar-refractivity contribution in [2.24, 2.45) is 0 Å². The fourth-order valence-corrected chi connectivity index (χ4v) is 3.12. The number of benzene rings is 1. The van der Waals surface area contributed by atoms with Crippen LogP contribution in [0.2, 0.25) is 0 Å². The van der Waals surface area contributed by atoms with Gasteiger partial charge in [0.1, 0.15) is 0 Å². The third kappa shape index (κ3) is 4.78. The third-order valence-corrected chi connectivity index (χ3v) is 5.00. The average molecular weight is 354 g/mol. The monoisotopic (exact) mass is 354 g/mol. The predicted octanol–water partition coefficient (Wildman–Crippen LogP) is 1.05. The number of ether oxygens (including phenoxy) is 1. The van der Waals surface area contributed by atoms with Crippen molar-refractivity contribution in [1.82, 2.24) is 9.80 Å². The molecule has 0 N–H and O–H groups in total. The highest BCUT2D eigenvalue weighted by Crippen LogP contribution is 2.12. The number of carbonyl (C=O) groups is 2. The van der Waals surface area contributed by atoms with E-state index in [0.717, 1.165) is 6.26 Å². The van der Waals surface area contributed by atoms with Gasteiger partial charge in [-0.15, -0.1) is 0 Å². The van der Waals surface area contributed by atoms with Crippen molar-refractivity contribution < 1.29 is 22.7 Å². The van der Waals surface area contributed by atoms with Crippen LogP contribution in [-0.2, 0) is 14.6 Å². The van der Waals surface area contributed by atoms with Crippen molar-refractivity contribution in [3.8, 4) is 0 Å². The lowest BCUT2D eigenvalue weighted by molar-refractivity contribution is 0.0733. The number of nitrogens with zero attached hydrogens (tertiary/aromatic N) is 2. The fourth-order valence-electron chi connectivity index (χ4n) is 2.49. The molecule has 0 atom stereocenters. The summed E-state index contributed by atoms with van der Waals surface area (Å²) in [6, 6.07) is 5.96. The molecule has 2 rings (SSSR count). The zero-order valence-electron chi connectivity index (χ0n) is 13.9. The Bertz CT molecular complexity index is 692. The molecule has 7 nitrogen and oxygen atoms in total. The molecule has 1 saturated heterocycles. The number of amides is 1. The van der Waals surface area contributed by atoms with Crippen LogP contribution in [0, 0.1) is 0 Å². The first kappa shape index (κ1) is 18.4. The molecular formula is C16H22N2O5S. The van der Waals surface area contributed by atoms with E-state index >= 15 is 0 Å². The van der Waals surface area contributed by atoms with Crippen molar-refractivity contribution in [2.45, 2.75) is 11.8 Å². The highest BCUT2D eigenvalue weighted by molar-refractivity contribution is 7.90. The van der Waals surface area contributed by atoms with E-state index in [1.165, 1.54) is 24.3 Å². The lowest BCUT2D eigenvalue weighted by atomic mass is 10.1. The normalized spacial score (nSPS) is 16.0. The number of sulfone groups is 1. The smallest absolute Gasteiger partial charge is 0.409 e. The number of hydrogen-bond acceptors (Lipinski definition) is 6. The second kappa shape index (κ2) is 7.76. The Kier molecular flexibility index (Phi) is 5.95. The molecule has 1 fully saturated rings. The maximum atomic E-state index is 12.3. The van der Waals surface area contributed by atoms with E-state index < -0.39 is 9.84 Å². The number of rotatable bonds is 5. The first-order valence-corrected chi connectivity index (χ1v) is 9.67. The largest absolute Gasteiger partial charge is 0.450 e. The fraction of sp³-hybridized carbons (Fsp3) is 0.500. The number of ketones is 1. The standard InChI is InChI=1S/C16H22N2O5S/c1-3-23-16(20)18-10-8-17(9-11-18)12-15(19)13-4-6-14(7-5-13)24(2,21)22/h4-7H,3,8-12H2,1-2H3. The van der Waals surface area contributed by atoms with Crippen LogP contribution in [0.3, 0.4) is 0 Å². The molecule has 24 heavy (non-hydrogen) atoms. The zero-order valence-corrected chi connectivity index (χ0v) is 14.7. The van der Waals surface area contributed by atoms with Gasteiger partial charge in [0.2, 0.25) is 0 Å². The van der Waals surface area contributed by atoms with Crippen molar-refractivity contribution >= 4 is 21.7 Å². The second-order valence-electron chi connectivity index (χ2n) is 5.68. The van der Waals surface area contributed by atoms with Gasteiger partial charge in [0.15, 0.2) is 15.6 Å². The molecule has 1 amide bonds. The minimum atomic E-state index is -3.26. The summed E-state index contributed by atoms with van der Waals surface area (Å²) in [6.45, 7) is 4.62. The minimum absolute atomic E-state index is 0.0698. The molecule has 0 bridgehead atoms. The predicted molar refractivity (Wildman–Crippen MR) is 88.9 cm³/mol. The van der Waals surface area contributed by atoms with Crippen molar-refractivity contribution in [2.75, 3.05) is 45.6 Å². The van der Waals surface area contributed by atoms with Crippen LogP contribution < -0.4 is 0 Å². The van der Waals surface area contributed by atoms with Gasteiger partial charge in [-0.1, -0.05) is 12.1 Å². The van der Waals surface area contributed by atoms with Gasteiger partial charge in [0.25, 0.3) is 0 Å². The van der Waals surface area contributed by atoms with Crippen molar-refractivity contribution in [3.63, 3.8) is 0 Å². The molecule has 0 saturated carbocycles. The van der Waals surface area contributed by atoms with Crippen LogP contribution in [0.5, 0.6) is 0 Å². The molecule has 0 aromatic heterocycles. The Hall–Kier alpha value is -1.93. The summed E-state index contributed by atoms with van der Waals surface area (Å²) in [5, 5.41) is 0. The second-order valence-corrected chi connectivity index (χ2v) is 7.70. The summed E-state index contributed by atoms with van der Waals surface area (Å²) in [5.41, 5.74) is 0.482. The molecule has 0 aliphatic carbocycles. The van der Waals surface area contributed by atoms with Gasteiger partial charge >= 0.3 is 6.09 Å². The molecule has 8 heteroatoms. The number of Topliss-reactive ketones (excluding diaryl/α,β-unsaturated/α-hetero) is 1. The lowest BCUT2D eigenvalue weighted by Gasteiger charge is -2.33. The van der Waals surface area contributed by atoms with E-state index in [2.05, 4.69) is 0 Å². The van der Waals surface area contributed by atoms with Crippen LogP contribution in [0.1, 0.15) is 17.3 Å². The van der Waals surface area contributed by atoms with Crippen LogP contribution in [0.4, 0.5) is 4.79 Å². The van der Waals surface area contributed by atoms with Gasteiger partial charge < -0.3 is 9.64 Å². The molecule has 0 radical (unpaired) electrons. The molecule has 1 aromatic rings. The Morgan fingerprint density at radius 2 is 1.67 bits per heavy atom. The molecule has 0 unspecified atom stereocenters. The van der Waals surface area contributed by atoms with Crippen LogP contribution in [0.15, 0.2) is 29.2 Å². The van der Waals surface area contributed by atoms with E-state index in [1.807, 2.05) is 4.90 Å². The maximum absolute atomic E-state index is 12.3. The van der Waals surface area contributed by atoms with E-state index in [-0.39, 0.29) is 23.3 Å². The number of piperazine rings is 1. The van der Waals surface area contributed by atoms with Gasteiger partial charge in [-0.25, -0.2) is 13.2 Å². The maximum Gasteiger partial charge on any atom is 0.409 e. The Morgan fingerprint density at radius 3 is 2.17 bits per heavy atom. The first-order valence-electron chi connectivity index (χ1n) is 7.78. The molecule has 1 heterocycles. The number of carbonyl (C=O) groups excluding carboxylic acids is 2. The van der Waals surface area contributed by atoms with Gasteiger partial charge in [-0.05, 0) is 19.1 Å². The lowest BCUT2D eigenvalue weighted by Crippen LogP contribution is -2.50. The van der Waals surface area contributed by atoms with E-state index in [9.17, 15) is 18.0 Å². The van der Waals surface area contributed by atoms with Crippen LogP contribution in [0.25, 0.3) is 0 Å². The van der Waals surface area contributed by atoms with Crippen LogP contribution in [-0.4, -0.2) is 75.7 Å². The van der Waals surface area contributed by atoms with Gasteiger partial charge in [-0.2, -0.15) is 0 Å². The van der Waals surface area contributed by atoms with Crippen molar-refractivity contribution in [1.29, 1.82) is 0 Å². The molecule has 1 aromatic carbocycles. The van der Waals surface area contributed by atoms with Gasteiger partial charge in [0, 0.05) is 38.0 Å². The average Bonchev–Trinajstić information content (AvgIpc) is 2.55. The summed E-state index contributed by atoms with van der Waals surface area (Å²) < 4.78 is 27.8. The zero-order chi connectivity index (χ0) is 17.7. The van der Waals surface area contributed by atoms with Crippen LogP contribution >= 0.6 is 0 Å². The quantitative estimate of drug-likeness (QED) is 0.735. The topological polar surface area (TPSA) is 84.0 Å².